The van der Waals surface area contributed by atoms with Gasteiger partial charge in [-0.15, -0.1) is 0 Å². The van der Waals surface area contributed by atoms with E-state index in [0.29, 0.717) is 6.42 Å². The van der Waals surface area contributed by atoms with E-state index in [0.717, 1.165) is 88.7 Å². The van der Waals surface area contributed by atoms with Crippen LogP contribution in [0.5, 0.6) is 0 Å². The molecule has 0 aliphatic carbocycles. The lowest BCUT2D eigenvalue weighted by Gasteiger charge is -2.35. The molecule has 1 N–H and O–H groups in total. The van der Waals surface area contributed by atoms with Crippen LogP contribution in [-0.4, -0.2) is 72.5 Å². The van der Waals surface area contributed by atoms with Crippen LogP contribution in [-0.2, 0) is 24.2 Å². The lowest BCUT2D eigenvalue weighted by Crippen LogP contribution is -2.41. The van der Waals surface area contributed by atoms with Gasteiger partial charge in [-0.05, 0) is 50.8 Å². The van der Waals surface area contributed by atoms with Crippen LogP contribution in [0.25, 0.3) is 0 Å². The molecule has 1 fully saturated rings. The van der Waals surface area contributed by atoms with Crippen molar-refractivity contribution in [3.8, 4) is 0 Å². The third-order valence-electron chi connectivity index (χ3n) is 7.45. The van der Waals surface area contributed by atoms with Crippen molar-refractivity contribution in [1.29, 1.82) is 0 Å². The van der Waals surface area contributed by atoms with E-state index in [-0.39, 0.29) is 11.8 Å². The molecule has 4 heterocycles. The van der Waals surface area contributed by atoms with E-state index in [4.69, 9.17) is 9.97 Å². The number of carbonyl (C=O) groups is 1. The van der Waals surface area contributed by atoms with Crippen molar-refractivity contribution in [2.45, 2.75) is 51.0 Å². The maximum absolute atomic E-state index is 13.2. The topological polar surface area (TPSA) is 64.6 Å². The lowest BCUT2D eigenvalue weighted by molar-refractivity contribution is -0.132. The molecule has 2 aromatic rings. The molecule has 1 aromatic carbocycles. The number of anilines is 2. The van der Waals surface area contributed by atoms with Crippen molar-refractivity contribution < 1.29 is 4.79 Å². The minimum atomic E-state index is 0.211. The van der Waals surface area contributed by atoms with Gasteiger partial charge in [0.25, 0.3) is 0 Å². The number of aromatic nitrogens is 2. The van der Waals surface area contributed by atoms with Gasteiger partial charge in [-0.1, -0.05) is 18.2 Å². The number of carbonyl (C=O) groups excluding carboxylic acids is 1. The molecule has 1 aromatic heterocycles. The number of amides is 1. The number of para-hydroxylation sites is 1. The van der Waals surface area contributed by atoms with Crippen molar-refractivity contribution in [2.24, 2.45) is 0 Å². The van der Waals surface area contributed by atoms with E-state index in [1.165, 1.54) is 16.8 Å². The second-order valence-electron chi connectivity index (χ2n) is 9.74. The average molecular weight is 449 g/mol. The standard InChI is InChI=1S/C26H36N6O/c1-27-26-21-11-15-30(2)18-22(21)28-25(29-26)20-9-6-14-32(17-20)24(33)12-16-31-13-5-8-19-7-3-4-10-23(19)31/h3-4,7,10,20H,5-6,8-9,11-18H2,1-2H3,(H,27,28,29)/t20-/m1/s1. The Morgan fingerprint density at radius 1 is 1.12 bits per heavy atom. The van der Waals surface area contributed by atoms with Crippen LogP contribution in [0.15, 0.2) is 24.3 Å². The predicted octanol–water partition coefficient (Wildman–Crippen LogP) is 3.06. The summed E-state index contributed by atoms with van der Waals surface area (Å²) in [6, 6.07) is 8.63. The monoisotopic (exact) mass is 448 g/mol. The summed E-state index contributed by atoms with van der Waals surface area (Å²) in [5.74, 6) is 2.34. The van der Waals surface area contributed by atoms with Crippen molar-refractivity contribution in [3.05, 3.63) is 46.9 Å². The quantitative estimate of drug-likeness (QED) is 0.759. The summed E-state index contributed by atoms with van der Waals surface area (Å²) in [6.07, 6.45) is 5.91. The summed E-state index contributed by atoms with van der Waals surface area (Å²) >= 11 is 0. The Bertz CT molecular complexity index is 1010. The van der Waals surface area contributed by atoms with E-state index in [2.05, 4.69) is 51.3 Å². The van der Waals surface area contributed by atoms with Crippen LogP contribution >= 0.6 is 0 Å². The van der Waals surface area contributed by atoms with Crippen molar-refractivity contribution >= 4 is 17.4 Å². The van der Waals surface area contributed by atoms with Crippen LogP contribution in [0.1, 0.15) is 54.2 Å². The molecular weight excluding hydrogens is 412 g/mol. The summed E-state index contributed by atoms with van der Waals surface area (Å²) in [5.41, 5.74) is 5.11. The number of aryl methyl sites for hydroxylation is 1. The highest BCUT2D eigenvalue weighted by molar-refractivity contribution is 5.77. The third-order valence-corrected chi connectivity index (χ3v) is 7.45. The molecule has 7 nitrogen and oxygen atoms in total. The summed E-state index contributed by atoms with van der Waals surface area (Å²) < 4.78 is 0. The second kappa shape index (κ2) is 9.67. The van der Waals surface area contributed by atoms with E-state index in [1.54, 1.807) is 0 Å². The zero-order valence-corrected chi connectivity index (χ0v) is 20.0. The molecule has 176 valence electrons. The number of fused-ring (bicyclic) bond motifs is 2. The van der Waals surface area contributed by atoms with Crippen LogP contribution in [0.3, 0.4) is 0 Å². The maximum atomic E-state index is 13.2. The van der Waals surface area contributed by atoms with Crippen LogP contribution in [0.4, 0.5) is 11.5 Å². The number of hydrogen-bond acceptors (Lipinski definition) is 6. The van der Waals surface area contributed by atoms with Crippen molar-refractivity contribution in [1.82, 2.24) is 19.8 Å². The minimum Gasteiger partial charge on any atom is -0.373 e. The molecule has 3 aliphatic heterocycles. The second-order valence-corrected chi connectivity index (χ2v) is 9.74. The Hall–Kier alpha value is -2.67. The highest BCUT2D eigenvalue weighted by atomic mass is 16.2. The Morgan fingerprint density at radius 3 is 2.88 bits per heavy atom. The normalized spacial score (nSPS) is 20.8. The molecule has 7 heteroatoms. The number of piperidine rings is 1. The fraction of sp³-hybridized carbons (Fsp3) is 0.577. The van der Waals surface area contributed by atoms with Gasteiger partial charge in [0.05, 0.1) is 5.69 Å². The van der Waals surface area contributed by atoms with E-state index < -0.39 is 0 Å². The zero-order chi connectivity index (χ0) is 22.8. The number of nitrogens with one attached hydrogen (secondary N) is 1. The Kier molecular flexibility index (Phi) is 6.49. The minimum absolute atomic E-state index is 0.211. The number of rotatable bonds is 5. The molecule has 1 amide bonds. The summed E-state index contributed by atoms with van der Waals surface area (Å²) in [7, 11) is 4.09. The molecule has 0 saturated carbocycles. The number of likely N-dealkylation sites (tertiary alicyclic amines) is 1. The SMILES string of the molecule is CNc1nc([C@@H]2CCCN(C(=O)CCN3CCCc4ccccc43)C2)nc2c1CCN(C)C2. The molecule has 1 saturated heterocycles. The van der Waals surface area contributed by atoms with Gasteiger partial charge in [0.2, 0.25) is 5.91 Å². The molecular formula is C26H36N6O. The molecule has 3 aliphatic rings. The molecule has 0 radical (unpaired) electrons. The van der Waals surface area contributed by atoms with Gasteiger partial charge in [0, 0.05) is 69.9 Å². The predicted molar refractivity (Wildman–Crippen MR) is 132 cm³/mol. The molecule has 0 unspecified atom stereocenters. The molecule has 5 rings (SSSR count). The fourth-order valence-electron chi connectivity index (χ4n) is 5.62. The first-order valence-electron chi connectivity index (χ1n) is 12.5. The van der Waals surface area contributed by atoms with Gasteiger partial charge in [-0.3, -0.25) is 4.79 Å². The van der Waals surface area contributed by atoms with E-state index in [1.807, 2.05) is 7.05 Å². The highest BCUT2D eigenvalue weighted by Gasteiger charge is 2.29. The van der Waals surface area contributed by atoms with Gasteiger partial charge >= 0.3 is 0 Å². The third kappa shape index (κ3) is 4.69. The molecule has 1 atom stereocenters. The molecule has 0 bridgehead atoms. The summed E-state index contributed by atoms with van der Waals surface area (Å²) in [4.78, 5) is 29.8. The van der Waals surface area contributed by atoms with Gasteiger partial charge in [0.15, 0.2) is 0 Å². The largest absolute Gasteiger partial charge is 0.373 e. The van der Waals surface area contributed by atoms with Gasteiger partial charge in [-0.25, -0.2) is 9.97 Å². The van der Waals surface area contributed by atoms with Gasteiger partial charge in [-0.2, -0.15) is 0 Å². The smallest absolute Gasteiger partial charge is 0.224 e. The van der Waals surface area contributed by atoms with E-state index in [9.17, 15) is 4.79 Å². The van der Waals surface area contributed by atoms with E-state index >= 15 is 0 Å². The summed E-state index contributed by atoms with van der Waals surface area (Å²) in [5, 5.41) is 3.29. The fourth-order valence-corrected chi connectivity index (χ4v) is 5.62. The molecule has 33 heavy (non-hydrogen) atoms. The van der Waals surface area contributed by atoms with Crippen molar-refractivity contribution in [3.63, 3.8) is 0 Å². The number of hydrogen-bond donors (Lipinski definition) is 1. The Labute approximate surface area is 197 Å². The molecule has 0 spiro atoms. The average Bonchev–Trinajstić information content (AvgIpc) is 2.86. The van der Waals surface area contributed by atoms with Crippen LogP contribution < -0.4 is 10.2 Å². The Morgan fingerprint density at radius 2 is 2.00 bits per heavy atom. The maximum Gasteiger partial charge on any atom is 0.224 e. The number of benzene rings is 1. The Balaban J connectivity index is 1.25. The van der Waals surface area contributed by atoms with Gasteiger partial charge < -0.3 is 20.0 Å². The van der Waals surface area contributed by atoms with Crippen LogP contribution in [0, 0.1) is 0 Å². The highest BCUT2D eigenvalue weighted by Crippen LogP contribution is 2.30. The van der Waals surface area contributed by atoms with Gasteiger partial charge in [0.1, 0.15) is 11.6 Å². The number of likely N-dealkylation sites (N-methyl/N-ethyl adjacent to an activating group) is 1. The first-order valence-corrected chi connectivity index (χ1v) is 12.5. The zero-order valence-electron chi connectivity index (χ0n) is 20.0. The lowest BCUT2D eigenvalue weighted by atomic mass is 9.95. The first-order chi connectivity index (χ1) is 16.1. The summed E-state index contributed by atoms with van der Waals surface area (Å²) in [6.45, 7) is 5.31. The van der Waals surface area contributed by atoms with Crippen LogP contribution in [0.2, 0.25) is 0 Å². The first kappa shape index (κ1) is 22.1. The van der Waals surface area contributed by atoms with Crippen molar-refractivity contribution in [2.75, 3.05) is 57.0 Å². The number of nitrogens with zero attached hydrogens (tertiary/aromatic N) is 5.